The fourth-order valence-corrected chi connectivity index (χ4v) is 4.92. The zero-order chi connectivity index (χ0) is 21.0. The lowest BCUT2D eigenvalue weighted by Gasteiger charge is -2.38. The zero-order valence-electron chi connectivity index (χ0n) is 17.4. The van der Waals surface area contributed by atoms with Gasteiger partial charge in [0.25, 0.3) is 0 Å². The summed E-state index contributed by atoms with van der Waals surface area (Å²) in [4.78, 5) is 31.1. The maximum atomic E-state index is 13.4. The summed E-state index contributed by atoms with van der Waals surface area (Å²) in [5, 5.41) is 2.78. The van der Waals surface area contributed by atoms with E-state index >= 15 is 0 Å². The summed E-state index contributed by atoms with van der Waals surface area (Å²) in [5.74, 6) is 0.0676. The van der Waals surface area contributed by atoms with E-state index in [0.29, 0.717) is 18.0 Å². The van der Waals surface area contributed by atoms with Crippen LogP contribution in [0.4, 0.5) is 0 Å². The topological polar surface area (TPSA) is 40.6 Å². The highest BCUT2D eigenvalue weighted by atomic mass is 35.5. The number of nitrogens with zero attached hydrogens (tertiary/aromatic N) is 2. The molecule has 0 bridgehead atoms. The molecule has 156 valence electrons. The number of benzene rings is 1. The van der Waals surface area contributed by atoms with Gasteiger partial charge in [-0.05, 0) is 60.9 Å². The van der Waals surface area contributed by atoms with E-state index < -0.39 is 0 Å². The molecule has 2 aromatic rings. The Bertz CT molecular complexity index is 849. The van der Waals surface area contributed by atoms with Crippen LogP contribution in [-0.2, 0) is 16.0 Å². The quantitative estimate of drug-likeness (QED) is 0.595. The highest BCUT2D eigenvalue weighted by molar-refractivity contribution is 7.10. The average molecular weight is 433 g/mol. The van der Waals surface area contributed by atoms with E-state index in [1.807, 2.05) is 43.0 Å². The largest absolute Gasteiger partial charge is 0.331 e. The van der Waals surface area contributed by atoms with Crippen LogP contribution in [0.25, 0.3) is 0 Å². The number of halogens is 1. The number of amides is 2. The Hall–Kier alpha value is -1.85. The number of hydrogen-bond acceptors (Lipinski definition) is 3. The van der Waals surface area contributed by atoms with Crippen molar-refractivity contribution in [1.82, 2.24) is 9.80 Å². The molecule has 1 aliphatic heterocycles. The minimum absolute atomic E-state index is 0.00607. The van der Waals surface area contributed by atoms with Gasteiger partial charge in [-0.2, -0.15) is 0 Å². The summed E-state index contributed by atoms with van der Waals surface area (Å²) >= 11 is 7.84. The van der Waals surface area contributed by atoms with Crippen molar-refractivity contribution in [3.05, 3.63) is 56.7 Å². The highest BCUT2D eigenvalue weighted by Gasteiger charge is 2.34. The summed E-state index contributed by atoms with van der Waals surface area (Å²) in [6.07, 6.45) is 2.95. The zero-order valence-corrected chi connectivity index (χ0v) is 18.9. The van der Waals surface area contributed by atoms with Crippen LogP contribution in [0, 0.1) is 0 Å². The Morgan fingerprint density at radius 3 is 2.62 bits per heavy atom. The third-order valence-corrected chi connectivity index (χ3v) is 6.93. The van der Waals surface area contributed by atoms with Crippen molar-refractivity contribution in [2.45, 2.75) is 58.5 Å². The van der Waals surface area contributed by atoms with Crippen molar-refractivity contribution >= 4 is 34.8 Å². The molecule has 1 aromatic heterocycles. The van der Waals surface area contributed by atoms with Gasteiger partial charge in [-0.1, -0.05) is 37.6 Å². The minimum atomic E-state index is -0.130. The first kappa shape index (κ1) is 21.8. The molecule has 6 heteroatoms. The molecule has 2 atom stereocenters. The summed E-state index contributed by atoms with van der Waals surface area (Å²) < 4.78 is 0. The Labute approximate surface area is 182 Å². The van der Waals surface area contributed by atoms with Gasteiger partial charge in [-0.15, -0.1) is 11.3 Å². The first-order valence-corrected chi connectivity index (χ1v) is 11.6. The molecule has 0 saturated carbocycles. The molecule has 0 N–H and O–H groups in total. The number of carbonyl (C=O) groups excluding carboxylic acids is 2. The van der Waals surface area contributed by atoms with Crippen LogP contribution < -0.4 is 0 Å². The van der Waals surface area contributed by atoms with E-state index in [4.69, 9.17) is 11.6 Å². The van der Waals surface area contributed by atoms with Gasteiger partial charge in [0.2, 0.25) is 11.8 Å². The van der Waals surface area contributed by atoms with E-state index in [1.54, 1.807) is 16.2 Å². The number of carbonyl (C=O) groups is 2. The van der Waals surface area contributed by atoms with Crippen molar-refractivity contribution in [1.29, 1.82) is 0 Å². The van der Waals surface area contributed by atoms with Crippen LogP contribution in [0.3, 0.4) is 0 Å². The summed E-state index contributed by atoms with van der Waals surface area (Å²) in [5.41, 5.74) is 2.24. The van der Waals surface area contributed by atoms with Crippen LogP contribution in [0.5, 0.6) is 0 Å². The highest BCUT2D eigenvalue weighted by Crippen LogP contribution is 2.38. The van der Waals surface area contributed by atoms with Gasteiger partial charge in [-0.3, -0.25) is 9.59 Å². The van der Waals surface area contributed by atoms with Crippen molar-refractivity contribution in [3.8, 4) is 0 Å². The van der Waals surface area contributed by atoms with Crippen molar-refractivity contribution in [3.63, 3.8) is 0 Å². The van der Waals surface area contributed by atoms with Gasteiger partial charge in [0.15, 0.2) is 0 Å². The van der Waals surface area contributed by atoms with Crippen molar-refractivity contribution in [2.75, 3.05) is 13.1 Å². The second-order valence-corrected chi connectivity index (χ2v) is 9.06. The number of rotatable bonds is 7. The summed E-state index contributed by atoms with van der Waals surface area (Å²) in [6, 6.07) is 9.77. The average Bonchev–Trinajstić information content (AvgIpc) is 3.20. The smallest absolute Gasteiger partial charge is 0.243 e. The summed E-state index contributed by atoms with van der Waals surface area (Å²) in [6.45, 7) is 6.86. The molecule has 3 rings (SSSR count). The van der Waals surface area contributed by atoms with E-state index in [2.05, 4.69) is 18.4 Å². The number of hydrogen-bond donors (Lipinski definition) is 0. The van der Waals surface area contributed by atoms with Crippen LogP contribution in [0.15, 0.2) is 35.7 Å². The lowest BCUT2D eigenvalue weighted by atomic mass is 9.93. The normalized spacial score (nSPS) is 17.0. The molecular weight excluding hydrogens is 404 g/mol. The lowest BCUT2D eigenvalue weighted by Crippen LogP contribution is -2.49. The van der Waals surface area contributed by atoms with Crippen LogP contribution in [0.1, 0.15) is 62.1 Å². The number of fused-ring (bicyclic) bond motifs is 1. The molecule has 2 amide bonds. The predicted molar refractivity (Wildman–Crippen MR) is 119 cm³/mol. The van der Waals surface area contributed by atoms with Crippen LogP contribution >= 0.6 is 22.9 Å². The molecule has 29 heavy (non-hydrogen) atoms. The second kappa shape index (κ2) is 9.77. The van der Waals surface area contributed by atoms with Gasteiger partial charge >= 0.3 is 0 Å². The van der Waals surface area contributed by atoms with Gasteiger partial charge in [0.1, 0.15) is 6.54 Å². The maximum Gasteiger partial charge on any atom is 0.243 e. The first-order chi connectivity index (χ1) is 14.0. The molecule has 1 aliphatic rings. The van der Waals surface area contributed by atoms with Crippen LogP contribution in [0.2, 0.25) is 5.02 Å². The predicted octanol–water partition coefficient (Wildman–Crippen LogP) is 5.30. The second-order valence-electron chi connectivity index (χ2n) is 7.62. The molecule has 1 aromatic carbocycles. The molecule has 0 spiro atoms. The molecule has 0 saturated heterocycles. The number of thiophene rings is 1. The molecule has 4 nitrogen and oxygen atoms in total. The first-order valence-electron chi connectivity index (χ1n) is 10.4. The van der Waals surface area contributed by atoms with Gasteiger partial charge in [-0.25, -0.2) is 0 Å². The van der Waals surface area contributed by atoms with E-state index in [9.17, 15) is 9.59 Å². The molecule has 2 heterocycles. The SMILES string of the molecule is CCCC(=O)N(CC(=O)N1CCc2sccc2[C@H]1c1ccc(Cl)cc1)[C@H](C)CC. The van der Waals surface area contributed by atoms with Gasteiger partial charge in [0.05, 0.1) is 6.04 Å². The third kappa shape index (κ3) is 4.84. The lowest BCUT2D eigenvalue weighted by molar-refractivity contribution is -0.143. The fourth-order valence-electron chi connectivity index (χ4n) is 3.89. The van der Waals surface area contributed by atoms with Crippen LogP contribution in [-0.4, -0.2) is 40.7 Å². The standard InChI is InChI=1S/C23H29ClN2O2S/c1-4-6-21(27)26(16(3)5-2)15-22(28)25-13-11-20-19(12-14-29-20)23(25)17-7-9-18(24)10-8-17/h7-10,12,14,16,23H,4-6,11,13,15H2,1-3H3/t16-,23-/m1/s1. The van der Waals surface area contributed by atoms with E-state index in [0.717, 1.165) is 24.8 Å². The van der Waals surface area contributed by atoms with Crippen molar-refractivity contribution < 1.29 is 9.59 Å². The Morgan fingerprint density at radius 1 is 1.24 bits per heavy atom. The molecular formula is C23H29ClN2O2S. The summed E-state index contributed by atoms with van der Waals surface area (Å²) in [7, 11) is 0. The Balaban J connectivity index is 1.89. The minimum Gasteiger partial charge on any atom is -0.331 e. The Morgan fingerprint density at radius 2 is 1.97 bits per heavy atom. The molecule has 0 unspecified atom stereocenters. The molecule has 0 radical (unpaired) electrons. The third-order valence-electron chi connectivity index (χ3n) is 5.68. The monoisotopic (exact) mass is 432 g/mol. The van der Waals surface area contributed by atoms with E-state index in [-0.39, 0.29) is 30.4 Å². The maximum absolute atomic E-state index is 13.4. The van der Waals surface area contributed by atoms with Gasteiger partial charge in [0, 0.05) is 28.9 Å². The fraction of sp³-hybridized carbons (Fsp3) is 0.478. The molecule has 0 fully saturated rings. The Kier molecular flexibility index (Phi) is 7.36. The van der Waals surface area contributed by atoms with Crippen molar-refractivity contribution in [2.24, 2.45) is 0 Å². The van der Waals surface area contributed by atoms with E-state index in [1.165, 1.54) is 10.4 Å². The van der Waals surface area contributed by atoms with Gasteiger partial charge < -0.3 is 9.80 Å². The molecule has 0 aliphatic carbocycles.